The predicted octanol–water partition coefficient (Wildman–Crippen LogP) is 3.28. The van der Waals surface area contributed by atoms with Gasteiger partial charge in [0.25, 0.3) is 5.69 Å². The highest BCUT2D eigenvalue weighted by atomic mass is 32.2. The molecule has 7 nitrogen and oxygen atoms in total. The van der Waals surface area contributed by atoms with E-state index in [1.165, 1.54) is 30.8 Å². The van der Waals surface area contributed by atoms with Gasteiger partial charge in [0.2, 0.25) is 11.8 Å². The van der Waals surface area contributed by atoms with E-state index in [0.29, 0.717) is 11.4 Å². The Morgan fingerprint density at radius 3 is 2.29 bits per heavy atom. The lowest BCUT2D eigenvalue weighted by atomic mass is 10.2. The Labute approximate surface area is 142 Å². The molecule has 2 rings (SSSR count). The van der Waals surface area contributed by atoms with E-state index in [4.69, 9.17) is 0 Å². The molecular weight excluding hydrogens is 330 g/mol. The first-order valence-electron chi connectivity index (χ1n) is 6.99. The smallest absolute Gasteiger partial charge is 0.269 e. The van der Waals surface area contributed by atoms with Crippen LogP contribution in [0.1, 0.15) is 6.92 Å². The summed E-state index contributed by atoms with van der Waals surface area (Å²) in [7, 11) is 0. The van der Waals surface area contributed by atoms with Gasteiger partial charge in [0, 0.05) is 35.3 Å². The Morgan fingerprint density at radius 1 is 1.08 bits per heavy atom. The van der Waals surface area contributed by atoms with Crippen LogP contribution >= 0.6 is 11.8 Å². The van der Waals surface area contributed by atoms with Crippen LogP contribution in [0.3, 0.4) is 0 Å². The average Bonchev–Trinajstić information content (AvgIpc) is 2.53. The zero-order valence-electron chi connectivity index (χ0n) is 12.8. The molecule has 0 spiro atoms. The van der Waals surface area contributed by atoms with Gasteiger partial charge in [-0.1, -0.05) is 6.07 Å². The second-order valence-corrected chi connectivity index (χ2v) is 5.90. The molecule has 24 heavy (non-hydrogen) atoms. The van der Waals surface area contributed by atoms with Crippen molar-refractivity contribution in [3.63, 3.8) is 0 Å². The van der Waals surface area contributed by atoms with Gasteiger partial charge < -0.3 is 10.6 Å². The van der Waals surface area contributed by atoms with Crippen LogP contribution in [0.4, 0.5) is 17.1 Å². The Hall–Kier alpha value is -2.87. The summed E-state index contributed by atoms with van der Waals surface area (Å²) < 4.78 is 0. The van der Waals surface area contributed by atoms with Crippen molar-refractivity contribution >= 4 is 40.6 Å². The zero-order valence-corrected chi connectivity index (χ0v) is 13.6. The third kappa shape index (κ3) is 5.40. The van der Waals surface area contributed by atoms with Gasteiger partial charge in [0.15, 0.2) is 0 Å². The van der Waals surface area contributed by atoms with Crippen molar-refractivity contribution in [3.05, 3.63) is 58.6 Å². The highest BCUT2D eigenvalue weighted by Crippen LogP contribution is 2.22. The Bertz CT molecular complexity index is 762. The largest absolute Gasteiger partial charge is 0.326 e. The monoisotopic (exact) mass is 345 g/mol. The Kier molecular flexibility index (Phi) is 5.91. The lowest BCUT2D eigenvalue weighted by Crippen LogP contribution is -2.14. The summed E-state index contributed by atoms with van der Waals surface area (Å²) in [6.07, 6.45) is 0. The Balaban J connectivity index is 1.89. The molecule has 0 aliphatic heterocycles. The number of thioether (sulfide) groups is 1. The van der Waals surface area contributed by atoms with E-state index in [2.05, 4.69) is 10.6 Å². The minimum absolute atomic E-state index is 0.0126. The minimum Gasteiger partial charge on any atom is -0.326 e. The van der Waals surface area contributed by atoms with Crippen LogP contribution in [-0.2, 0) is 9.59 Å². The van der Waals surface area contributed by atoms with Crippen molar-refractivity contribution < 1.29 is 14.5 Å². The molecule has 2 aromatic carbocycles. The predicted molar refractivity (Wildman–Crippen MR) is 93.2 cm³/mol. The number of anilines is 2. The molecule has 124 valence electrons. The van der Waals surface area contributed by atoms with Crippen molar-refractivity contribution in [2.24, 2.45) is 0 Å². The molecule has 2 amide bonds. The Morgan fingerprint density at radius 2 is 1.71 bits per heavy atom. The molecule has 0 fully saturated rings. The molecule has 0 saturated heterocycles. The molecule has 0 atom stereocenters. The first-order chi connectivity index (χ1) is 11.4. The van der Waals surface area contributed by atoms with Crippen LogP contribution < -0.4 is 10.6 Å². The number of benzene rings is 2. The maximum Gasteiger partial charge on any atom is 0.269 e. The number of non-ortho nitro benzene ring substituents is 1. The molecule has 0 aliphatic carbocycles. The molecule has 0 heterocycles. The summed E-state index contributed by atoms with van der Waals surface area (Å²) >= 11 is 1.28. The summed E-state index contributed by atoms with van der Waals surface area (Å²) in [5.74, 6) is -0.229. The lowest BCUT2D eigenvalue weighted by molar-refractivity contribution is -0.384. The molecule has 0 unspecified atom stereocenters. The standard InChI is InChI=1S/C16H15N3O4S/c1-11(20)17-12-3-2-4-13(9-12)18-16(21)10-24-15-7-5-14(6-8-15)19(22)23/h2-9H,10H2,1H3,(H,17,20)(H,18,21). The van der Waals surface area contributed by atoms with Gasteiger partial charge in [0.05, 0.1) is 10.7 Å². The normalized spacial score (nSPS) is 10.0. The molecule has 0 radical (unpaired) electrons. The number of nitrogens with one attached hydrogen (secondary N) is 2. The van der Waals surface area contributed by atoms with Gasteiger partial charge in [0.1, 0.15) is 0 Å². The highest BCUT2D eigenvalue weighted by Gasteiger charge is 2.07. The number of carbonyl (C=O) groups is 2. The van der Waals surface area contributed by atoms with E-state index in [-0.39, 0.29) is 23.3 Å². The van der Waals surface area contributed by atoms with Crippen LogP contribution in [0.15, 0.2) is 53.4 Å². The minimum atomic E-state index is -0.469. The van der Waals surface area contributed by atoms with E-state index in [1.54, 1.807) is 36.4 Å². The summed E-state index contributed by atoms with van der Waals surface area (Å²) in [6, 6.07) is 12.8. The summed E-state index contributed by atoms with van der Waals surface area (Å²) in [6.45, 7) is 1.41. The summed E-state index contributed by atoms with van der Waals surface area (Å²) in [5, 5.41) is 16.0. The van der Waals surface area contributed by atoms with Crippen LogP contribution in [0.5, 0.6) is 0 Å². The van der Waals surface area contributed by atoms with E-state index in [9.17, 15) is 19.7 Å². The molecule has 2 N–H and O–H groups in total. The van der Waals surface area contributed by atoms with Gasteiger partial charge >= 0.3 is 0 Å². The topological polar surface area (TPSA) is 101 Å². The van der Waals surface area contributed by atoms with E-state index < -0.39 is 4.92 Å². The number of hydrogen-bond acceptors (Lipinski definition) is 5. The van der Waals surface area contributed by atoms with Crippen LogP contribution in [0, 0.1) is 10.1 Å². The molecular formula is C16H15N3O4S. The second kappa shape index (κ2) is 8.11. The molecule has 0 aliphatic rings. The third-order valence-electron chi connectivity index (χ3n) is 2.88. The second-order valence-electron chi connectivity index (χ2n) is 4.85. The number of carbonyl (C=O) groups excluding carboxylic acids is 2. The van der Waals surface area contributed by atoms with E-state index >= 15 is 0 Å². The van der Waals surface area contributed by atoms with Crippen molar-refractivity contribution in [2.45, 2.75) is 11.8 Å². The number of rotatable bonds is 6. The van der Waals surface area contributed by atoms with Gasteiger partial charge in [-0.05, 0) is 30.3 Å². The van der Waals surface area contributed by atoms with E-state index in [0.717, 1.165) is 4.90 Å². The fraction of sp³-hybridized carbons (Fsp3) is 0.125. The number of hydrogen-bond donors (Lipinski definition) is 2. The van der Waals surface area contributed by atoms with Crippen LogP contribution in [0.2, 0.25) is 0 Å². The van der Waals surface area contributed by atoms with Crippen molar-refractivity contribution in [1.82, 2.24) is 0 Å². The maximum atomic E-state index is 12.0. The molecule has 0 saturated carbocycles. The van der Waals surface area contributed by atoms with Crippen LogP contribution in [0.25, 0.3) is 0 Å². The van der Waals surface area contributed by atoms with Crippen molar-refractivity contribution in [3.8, 4) is 0 Å². The van der Waals surface area contributed by atoms with Gasteiger partial charge in [-0.2, -0.15) is 0 Å². The molecule has 0 aromatic heterocycles. The quantitative estimate of drug-likeness (QED) is 0.475. The van der Waals surface area contributed by atoms with Gasteiger partial charge in [-0.15, -0.1) is 11.8 Å². The highest BCUT2D eigenvalue weighted by molar-refractivity contribution is 8.00. The van der Waals surface area contributed by atoms with Gasteiger partial charge in [-0.25, -0.2) is 0 Å². The molecule has 0 bridgehead atoms. The van der Waals surface area contributed by atoms with Crippen LogP contribution in [-0.4, -0.2) is 22.5 Å². The summed E-state index contributed by atoms with van der Waals surface area (Å²) in [4.78, 5) is 33.9. The fourth-order valence-electron chi connectivity index (χ4n) is 1.89. The third-order valence-corrected chi connectivity index (χ3v) is 3.90. The maximum absolute atomic E-state index is 12.0. The number of nitrogens with zero attached hydrogens (tertiary/aromatic N) is 1. The molecule has 8 heteroatoms. The first kappa shape index (κ1) is 17.5. The number of amides is 2. The van der Waals surface area contributed by atoms with Gasteiger partial charge in [-0.3, -0.25) is 19.7 Å². The van der Waals surface area contributed by atoms with Crippen molar-refractivity contribution in [2.75, 3.05) is 16.4 Å². The molecule has 2 aromatic rings. The van der Waals surface area contributed by atoms with Crippen molar-refractivity contribution in [1.29, 1.82) is 0 Å². The average molecular weight is 345 g/mol. The number of nitro groups is 1. The number of nitro benzene ring substituents is 1. The SMILES string of the molecule is CC(=O)Nc1cccc(NC(=O)CSc2ccc([N+](=O)[O-])cc2)c1. The van der Waals surface area contributed by atoms with E-state index in [1.807, 2.05) is 0 Å². The fourth-order valence-corrected chi connectivity index (χ4v) is 2.59. The zero-order chi connectivity index (χ0) is 17.5. The summed E-state index contributed by atoms with van der Waals surface area (Å²) in [5.41, 5.74) is 1.19. The first-order valence-corrected chi connectivity index (χ1v) is 7.97. The lowest BCUT2D eigenvalue weighted by Gasteiger charge is -2.08.